The minimum absolute atomic E-state index is 0.159. The van der Waals surface area contributed by atoms with Crippen molar-refractivity contribution in [3.05, 3.63) is 24.0 Å². The van der Waals surface area contributed by atoms with Gasteiger partial charge in [0.2, 0.25) is 5.82 Å². The highest BCUT2D eigenvalue weighted by molar-refractivity contribution is 5.65. The molecule has 19 heavy (non-hydrogen) atoms. The summed E-state index contributed by atoms with van der Waals surface area (Å²) < 4.78 is 15.6. The molecule has 1 unspecified atom stereocenters. The molecular weight excluding hydrogens is 246 g/mol. The van der Waals surface area contributed by atoms with Crippen LogP contribution in [0.3, 0.4) is 0 Å². The highest BCUT2D eigenvalue weighted by Crippen LogP contribution is 2.28. The summed E-state index contributed by atoms with van der Waals surface area (Å²) in [6.45, 7) is 2.00. The Kier molecular flexibility index (Phi) is 4.01. The molecule has 1 heterocycles. The molecule has 0 bridgehead atoms. The Balaban J connectivity index is 2.30. The van der Waals surface area contributed by atoms with E-state index in [1.165, 1.54) is 0 Å². The van der Waals surface area contributed by atoms with Gasteiger partial charge >= 0.3 is 0 Å². The lowest BCUT2D eigenvalue weighted by Gasteiger charge is -2.06. The van der Waals surface area contributed by atoms with Crippen molar-refractivity contribution < 1.29 is 14.0 Å². The predicted octanol–water partition coefficient (Wildman–Crippen LogP) is 2.42. The number of methoxy groups -OCH3 is 2. The lowest BCUT2D eigenvalue weighted by atomic mass is 10.2. The molecule has 2 N–H and O–H groups in total. The zero-order chi connectivity index (χ0) is 13.8. The number of ether oxygens (including phenoxy) is 2. The SMILES string of the molecule is CCC(OC)c1noc(-c2ccc(OC)c(N)c2)n1. The van der Waals surface area contributed by atoms with Gasteiger partial charge in [-0.15, -0.1) is 0 Å². The van der Waals surface area contributed by atoms with Gasteiger partial charge < -0.3 is 19.7 Å². The molecule has 0 saturated carbocycles. The number of nitrogen functional groups attached to an aromatic ring is 1. The number of benzene rings is 1. The summed E-state index contributed by atoms with van der Waals surface area (Å²) in [5.74, 6) is 1.57. The van der Waals surface area contributed by atoms with Crippen LogP contribution in [0.5, 0.6) is 5.75 Å². The summed E-state index contributed by atoms with van der Waals surface area (Å²) in [6.07, 6.45) is 0.619. The van der Waals surface area contributed by atoms with Crippen LogP contribution < -0.4 is 10.5 Å². The summed E-state index contributed by atoms with van der Waals surface area (Å²) in [6, 6.07) is 5.33. The Hall–Kier alpha value is -2.08. The van der Waals surface area contributed by atoms with Crippen LogP contribution in [0.25, 0.3) is 11.5 Å². The largest absolute Gasteiger partial charge is 0.495 e. The van der Waals surface area contributed by atoms with E-state index in [1.54, 1.807) is 26.4 Å². The average molecular weight is 263 g/mol. The highest BCUT2D eigenvalue weighted by atomic mass is 16.5. The summed E-state index contributed by atoms with van der Waals surface area (Å²) in [4.78, 5) is 4.32. The molecule has 1 atom stereocenters. The van der Waals surface area contributed by atoms with Crippen molar-refractivity contribution in [2.24, 2.45) is 0 Å². The molecule has 2 rings (SSSR count). The van der Waals surface area contributed by atoms with Crippen LogP contribution in [0.15, 0.2) is 22.7 Å². The number of hydrogen-bond donors (Lipinski definition) is 1. The van der Waals surface area contributed by atoms with E-state index in [-0.39, 0.29) is 6.10 Å². The van der Waals surface area contributed by atoms with Gasteiger partial charge in [0.05, 0.1) is 12.8 Å². The molecule has 1 aromatic heterocycles. The number of hydrogen-bond acceptors (Lipinski definition) is 6. The monoisotopic (exact) mass is 263 g/mol. The molecule has 6 heteroatoms. The van der Waals surface area contributed by atoms with Gasteiger partial charge in [-0.2, -0.15) is 4.98 Å². The molecule has 102 valence electrons. The molecule has 0 fully saturated rings. The van der Waals surface area contributed by atoms with Crippen LogP contribution in [-0.4, -0.2) is 24.4 Å². The van der Waals surface area contributed by atoms with Crippen LogP contribution in [0.1, 0.15) is 25.3 Å². The first-order valence-electron chi connectivity index (χ1n) is 5.99. The lowest BCUT2D eigenvalue weighted by Crippen LogP contribution is -2.01. The number of rotatable bonds is 5. The Morgan fingerprint density at radius 2 is 2.16 bits per heavy atom. The van der Waals surface area contributed by atoms with Crippen LogP contribution >= 0.6 is 0 Å². The molecule has 0 saturated heterocycles. The first-order chi connectivity index (χ1) is 9.19. The first-order valence-corrected chi connectivity index (χ1v) is 5.99. The standard InChI is InChI=1S/C13H17N3O3/c1-4-10(17-2)12-15-13(19-16-12)8-5-6-11(18-3)9(14)7-8/h5-7,10H,4,14H2,1-3H3. The van der Waals surface area contributed by atoms with E-state index in [2.05, 4.69) is 10.1 Å². The van der Waals surface area contributed by atoms with E-state index >= 15 is 0 Å². The molecule has 0 radical (unpaired) electrons. The third kappa shape index (κ3) is 2.68. The van der Waals surface area contributed by atoms with Crippen LogP contribution in [-0.2, 0) is 4.74 Å². The predicted molar refractivity (Wildman–Crippen MR) is 70.7 cm³/mol. The maximum atomic E-state index is 5.85. The smallest absolute Gasteiger partial charge is 0.258 e. The van der Waals surface area contributed by atoms with Crippen molar-refractivity contribution in [1.82, 2.24) is 10.1 Å². The molecule has 0 aliphatic heterocycles. The maximum Gasteiger partial charge on any atom is 0.258 e. The Morgan fingerprint density at radius 1 is 1.37 bits per heavy atom. The summed E-state index contributed by atoms with van der Waals surface area (Å²) in [5.41, 5.74) is 7.13. The minimum Gasteiger partial charge on any atom is -0.495 e. The van der Waals surface area contributed by atoms with Crippen molar-refractivity contribution in [3.63, 3.8) is 0 Å². The van der Waals surface area contributed by atoms with Crippen molar-refractivity contribution in [1.29, 1.82) is 0 Å². The zero-order valence-electron chi connectivity index (χ0n) is 11.2. The number of aromatic nitrogens is 2. The average Bonchev–Trinajstić information content (AvgIpc) is 2.90. The van der Waals surface area contributed by atoms with E-state index in [9.17, 15) is 0 Å². The molecule has 2 aromatic rings. The fourth-order valence-corrected chi connectivity index (χ4v) is 1.80. The fraction of sp³-hybridized carbons (Fsp3) is 0.385. The molecule has 0 aliphatic rings. The Bertz CT molecular complexity index is 550. The second-order valence-electron chi connectivity index (χ2n) is 4.05. The van der Waals surface area contributed by atoms with Gasteiger partial charge in [-0.3, -0.25) is 0 Å². The Morgan fingerprint density at radius 3 is 2.74 bits per heavy atom. The van der Waals surface area contributed by atoms with Gasteiger partial charge in [0.25, 0.3) is 5.89 Å². The normalized spacial score (nSPS) is 12.4. The lowest BCUT2D eigenvalue weighted by molar-refractivity contribution is 0.0903. The summed E-state index contributed by atoms with van der Waals surface area (Å²) in [7, 11) is 3.19. The van der Waals surface area contributed by atoms with E-state index in [1.807, 2.05) is 13.0 Å². The van der Waals surface area contributed by atoms with E-state index in [4.69, 9.17) is 19.7 Å². The van der Waals surface area contributed by atoms with E-state index < -0.39 is 0 Å². The van der Waals surface area contributed by atoms with Gasteiger partial charge in [-0.05, 0) is 24.6 Å². The molecular formula is C13H17N3O3. The van der Waals surface area contributed by atoms with Crippen LogP contribution in [0.2, 0.25) is 0 Å². The quantitative estimate of drug-likeness (QED) is 0.834. The summed E-state index contributed by atoms with van der Waals surface area (Å²) >= 11 is 0. The third-order valence-electron chi connectivity index (χ3n) is 2.86. The minimum atomic E-state index is -0.159. The fourth-order valence-electron chi connectivity index (χ4n) is 1.80. The molecule has 1 aromatic carbocycles. The van der Waals surface area contributed by atoms with Gasteiger partial charge in [0.15, 0.2) is 0 Å². The van der Waals surface area contributed by atoms with Gasteiger partial charge in [-0.25, -0.2) is 0 Å². The Labute approximate surface area is 111 Å². The first kappa shape index (κ1) is 13.4. The van der Waals surface area contributed by atoms with Crippen LogP contribution in [0, 0.1) is 0 Å². The van der Waals surface area contributed by atoms with Crippen LogP contribution in [0.4, 0.5) is 5.69 Å². The van der Waals surface area contributed by atoms with E-state index in [0.29, 0.717) is 23.2 Å². The number of nitrogens with two attached hydrogens (primary N) is 1. The molecule has 0 amide bonds. The van der Waals surface area contributed by atoms with E-state index in [0.717, 1.165) is 12.0 Å². The van der Waals surface area contributed by atoms with Crippen molar-refractivity contribution >= 4 is 5.69 Å². The molecule has 6 nitrogen and oxygen atoms in total. The topological polar surface area (TPSA) is 83.4 Å². The highest BCUT2D eigenvalue weighted by Gasteiger charge is 2.17. The number of nitrogens with zero attached hydrogens (tertiary/aromatic N) is 2. The number of anilines is 1. The second-order valence-corrected chi connectivity index (χ2v) is 4.05. The van der Waals surface area contributed by atoms with Gasteiger partial charge in [0, 0.05) is 12.7 Å². The van der Waals surface area contributed by atoms with Crippen molar-refractivity contribution in [2.75, 3.05) is 20.0 Å². The van der Waals surface area contributed by atoms with Gasteiger partial charge in [-0.1, -0.05) is 12.1 Å². The maximum absolute atomic E-state index is 5.85. The molecule has 0 aliphatic carbocycles. The zero-order valence-corrected chi connectivity index (χ0v) is 11.2. The van der Waals surface area contributed by atoms with Crippen molar-refractivity contribution in [3.8, 4) is 17.2 Å². The van der Waals surface area contributed by atoms with Crippen molar-refractivity contribution in [2.45, 2.75) is 19.4 Å². The van der Waals surface area contributed by atoms with Gasteiger partial charge in [0.1, 0.15) is 11.9 Å². The third-order valence-corrected chi connectivity index (χ3v) is 2.86. The molecule has 0 spiro atoms. The summed E-state index contributed by atoms with van der Waals surface area (Å²) in [5, 5.41) is 3.92. The second kappa shape index (κ2) is 5.71.